The van der Waals surface area contributed by atoms with Gasteiger partial charge in [-0.15, -0.1) is 0 Å². The summed E-state index contributed by atoms with van der Waals surface area (Å²) in [7, 11) is 4.86. The standard InChI is InChI=1S/C16H28O.C16H26O.C15H28O4.C15H26O.C15H24O/c2*1-4-13(2)7-5-8-14(3)11-12-15-9-6-10-16(15)17;1-5-6-7-8-13-12(11-14(16)17-2)9-10-15(13,18-3)19-4;2*1-12(2)6-4-7-13(3)10-11-14-8-5-9-15(14)16/h7,11,15-17H,4-6,8-10,12H2,1-3H3;7,11,15H,4-6,8-10,12H2,1-3H3;12-13H,5-11H2,1-4H3;6,10,14-16H,4-5,7-9,11H2,1-3H3;6,10,14H,4-5,7-9,11H2,1-3H3/b2*13-7+,14-11+;;2*13-10+. The molecule has 8 unspecified atom stereocenters. The Morgan fingerprint density at radius 2 is 0.882 bits per heavy atom. The van der Waals surface area contributed by atoms with Crippen molar-refractivity contribution in [3.05, 3.63) is 93.2 Å². The van der Waals surface area contributed by atoms with Crippen molar-refractivity contribution >= 4 is 17.5 Å². The number of hydrogen-bond donors (Lipinski definition) is 2. The van der Waals surface area contributed by atoms with E-state index in [4.69, 9.17) is 14.2 Å². The summed E-state index contributed by atoms with van der Waals surface area (Å²) in [6.07, 6.45) is 53.8. The first kappa shape index (κ1) is 79.6. The Balaban J connectivity index is 0.000000532. The first-order valence-electron chi connectivity index (χ1n) is 34.4. The van der Waals surface area contributed by atoms with Gasteiger partial charge in [-0.05, 0) is 241 Å². The summed E-state index contributed by atoms with van der Waals surface area (Å²) in [5, 5.41) is 19.5. The van der Waals surface area contributed by atoms with Crippen molar-refractivity contribution in [2.45, 2.75) is 320 Å². The highest BCUT2D eigenvalue weighted by Crippen LogP contribution is 2.47. The molecular formula is C77H132O8. The molecule has 8 nitrogen and oxygen atoms in total. The van der Waals surface area contributed by atoms with E-state index in [2.05, 4.69) is 139 Å². The van der Waals surface area contributed by atoms with Gasteiger partial charge in [-0.2, -0.15) is 0 Å². The molecular weight excluding hydrogens is 1050 g/mol. The van der Waals surface area contributed by atoms with Crippen LogP contribution >= 0.6 is 0 Å². The van der Waals surface area contributed by atoms with Gasteiger partial charge in [0.15, 0.2) is 5.79 Å². The van der Waals surface area contributed by atoms with Crippen LogP contribution in [0.2, 0.25) is 0 Å². The number of allylic oxidation sites excluding steroid dienone is 16. The van der Waals surface area contributed by atoms with Gasteiger partial charge in [-0.25, -0.2) is 0 Å². The summed E-state index contributed by atoms with van der Waals surface area (Å²) in [6.45, 7) is 28.3. The Morgan fingerprint density at radius 3 is 1.20 bits per heavy atom. The number of unbranched alkanes of at least 4 members (excludes halogenated alkanes) is 2. The van der Waals surface area contributed by atoms with E-state index >= 15 is 0 Å². The first-order valence-corrected chi connectivity index (χ1v) is 34.4. The van der Waals surface area contributed by atoms with Crippen LogP contribution in [0.25, 0.3) is 0 Å². The highest BCUT2D eigenvalue weighted by molar-refractivity contribution is 5.83. The highest BCUT2D eigenvalue weighted by Gasteiger charge is 2.49. The zero-order valence-electron chi connectivity index (χ0n) is 57.9. The molecule has 2 N–H and O–H groups in total. The zero-order valence-corrected chi connectivity index (χ0v) is 57.9. The molecule has 5 aliphatic carbocycles. The molecule has 8 atom stereocenters. The van der Waals surface area contributed by atoms with E-state index in [1.165, 1.54) is 96.6 Å². The van der Waals surface area contributed by atoms with Crippen molar-refractivity contribution in [1.82, 2.24) is 0 Å². The predicted octanol–water partition coefficient (Wildman–Crippen LogP) is 21.3. The molecule has 5 rings (SSSR count). The lowest BCUT2D eigenvalue weighted by molar-refractivity contribution is -0.233. The molecule has 0 aromatic rings. The second-order valence-corrected chi connectivity index (χ2v) is 26.7. The van der Waals surface area contributed by atoms with Gasteiger partial charge in [0.2, 0.25) is 0 Å². The van der Waals surface area contributed by atoms with Crippen LogP contribution in [0.5, 0.6) is 0 Å². The van der Waals surface area contributed by atoms with Crippen LogP contribution in [-0.2, 0) is 28.6 Å². The van der Waals surface area contributed by atoms with E-state index < -0.39 is 5.79 Å². The number of carbonyl (C=O) groups excluding carboxylic acids is 3. The van der Waals surface area contributed by atoms with Crippen LogP contribution in [0.4, 0.5) is 0 Å². The summed E-state index contributed by atoms with van der Waals surface area (Å²) >= 11 is 0. The minimum absolute atomic E-state index is 0.0400. The predicted molar refractivity (Wildman–Crippen MR) is 363 cm³/mol. The molecule has 0 aromatic carbocycles. The molecule has 0 aliphatic heterocycles. The van der Waals surface area contributed by atoms with Crippen LogP contribution in [-0.4, -0.2) is 67.1 Å². The smallest absolute Gasteiger partial charge is 0.305 e. The number of aliphatic hydroxyl groups excluding tert-OH is 2. The molecule has 0 bridgehead atoms. The Morgan fingerprint density at radius 1 is 0.482 bits per heavy atom. The molecule has 8 heteroatoms. The van der Waals surface area contributed by atoms with Crippen LogP contribution in [0.1, 0.15) is 302 Å². The van der Waals surface area contributed by atoms with Crippen LogP contribution < -0.4 is 0 Å². The van der Waals surface area contributed by atoms with E-state index in [-0.39, 0.29) is 24.1 Å². The fraction of sp³-hybridized carbons (Fsp3) is 0.753. The van der Waals surface area contributed by atoms with E-state index in [1.807, 2.05) is 0 Å². The average molecular weight is 1190 g/mol. The van der Waals surface area contributed by atoms with E-state index in [9.17, 15) is 24.6 Å². The van der Waals surface area contributed by atoms with E-state index in [1.54, 1.807) is 14.2 Å². The van der Waals surface area contributed by atoms with Crippen molar-refractivity contribution in [3.63, 3.8) is 0 Å². The summed E-state index contributed by atoms with van der Waals surface area (Å²) in [5.74, 6) is 2.63. The number of ether oxygens (including phenoxy) is 3. The van der Waals surface area contributed by atoms with Crippen molar-refractivity contribution in [2.24, 2.45) is 35.5 Å². The number of ketones is 2. The topological polar surface area (TPSA) is 119 Å². The van der Waals surface area contributed by atoms with Gasteiger partial charge in [-0.3, -0.25) is 14.4 Å². The summed E-state index contributed by atoms with van der Waals surface area (Å²) in [6, 6.07) is 0. The van der Waals surface area contributed by atoms with E-state index in [0.29, 0.717) is 47.6 Å². The average Bonchev–Trinajstić information content (AvgIpc) is 2.66. The number of aliphatic hydroxyl groups is 2. The monoisotopic (exact) mass is 1180 g/mol. The molecule has 0 radical (unpaired) electrons. The van der Waals surface area contributed by atoms with Crippen molar-refractivity contribution < 1.29 is 38.8 Å². The number of carbonyl (C=O) groups is 3. The van der Waals surface area contributed by atoms with Crippen LogP contribution in [0.3, 0.4) is 0 Å². The Hall–Kier alpha value is -3.43. The van der Waals surface area contributed by atoms with Gasteiger partial charge in [0.25, 0.3) is 0 Å². The maximum absolute atomic E-state index is 11.5. The Labute approximate surface area is 523 Å². The molecule has 0 aromatic heterocycles. The summed E-state index contributed by atoms with van der Waals surface area (Å²) in [4.78, 5) is 34.5. The second kappa shape index (κ2) is 47.6. The summed E-state index contributed by atoms with van der Waals surface area (Å²) in [5.41, 5.74) is 11.6. The molecule has 5 saturated carbocycles. The fourth-order valence-electron chi connectivity index (χ4n) is 12.6. The molecule has 0 amide bonds. The number of rotatable bonds is 30. The van der Waals surface area contributed by atoms with E-state index in [0.717, 1.165) is 161 Å². The molecule has 85 heavy (non-hydrogen) atoms. The van der Waals surface area contributed by atoms with Crippen molar-refractivity contribution in [3.8, 4) is 0 Å². The third-order valence-electron chi connectivity index (χ3n) is 19.0. The maximum atomic E-state index is 11.5. The van der Waals surface area contributed by atoms with Crippen LogP contribution in [0, 0.1) is 35.5 Å². The third kappa shape index (κ3) is 36.0. The van der Waals surface area contributed by atoms with Gasteiger partial charge in [0, 0.05) is 57.7 Å². The zero-order chi connectivity index (χ0) is 63.6. The van der Waals surface area contributed by atoms with Gasteiger partial charge >= 0.3 is 5.97 Å². The highest BCUT2D eigenvalue weighted by atomic mass is 16.7. The minimum atomic E-state index is -0.508. The number of Topliss-reactive ketones (excluding diaryl/α,β-unsaturated/α-hetero) is 2. The molecule has 5 aliphatic rings. The number of hydrogen-bond acceptors (Lipinski definition) is 8. The maximum Gasteiger partial charge on any atom is 0.305 e. The quantitative estimate of drug-likeness (QED) is 0.0316. The SMILES string of the molecule is CC(C)=CCC/C(C)=C/CC1CCCC1=O.CC(C)=CCC/C(C)=C/CC1CCCC1O.CC/C(C)=C/CC/C(C)=C/CC1CCCC1=O.CC/C(C)=C/CC/C(C)=C/CC1CCCC1O.CCCCCC1C(CC(=O)OC)CCC1(OC)OC. The van der Waals surface area contributed by atoms with Gasteiger partial charge in [-0.1, -0.05) is 146 Å². The molecule has 0 spiro atoms. The normalized spacial score (nSPS) is 24.4. The van der Waals surface area contributed by atoms with Crippen LogP contribution in [0.15, 0.2) is 93.2 Å². The lowest BCUT2D eigenvalue weighted by Crippen LogP contribution is -2.40. The molecule has 488 valence electrons. The van der Waals surface area contributed by atoms with Gasteiger partial charge < -0.3 is 24.4 Å². The molecule has 0 saturated heterocycles. The number of methoxy groups -OCH3 is 3. The Kier molecular flexibility index (Phi) is 44.5. The van der Waals surface area contributed by atoms with Gasteiger partial charge in [0.1, 0.15) is 11.6 Å². The molecule has 0 heterocycles. The first-order chi connectivity index (χ1) is 40.6. The minimum Gasteiger partial charge on any atom is -0.469 e. The summed E-state index contributed by atoms with van der Waals surface area (Å²) < 4.78 is 16.1. The van der Waals surface area contributed by atoms with Crippen molar-refractivity contribution in [1.29, 1.82) is 0 Å². The third-order valence-corrected chi connectivity index (χ3v) is 19.0. The van der Waals surface area contributed by atoms with Crippen molar-refractivity contribution in [2.75, 3.05) is 21.3 Å². The second-order valence-electron chi connectivity index (χ2n) is 26.7. The lowest BCUT2D eigenvalue weighted by Gasteiger charge is -2.35. The number of esters is 1. The molecule has 5 fully saturated rings. The largest absolute Gasteiger partial charge is 0.469 e. The fourth-order valence-corrected chi connectivity index (χ4v) is 12.6. The van der Waals surface area contributed by atoms with Gasteiger partial charge in [0.05, 0.1) is 19.3 Å². The Bertz CT molecular complexity index is 2100. The lowest BCUT2D eigenvalue weighted by atomic mass is 9.85.